The highest BCUT2D eigenvalue weighted by Gasteiger charge is 2.40. The number of H-pyrrole nitrogens is 1. The summed E-state index contributed by atoms with van der Waals surface area (Å²) in [6, 6.07) is 1.20. The molecule has 0 bridgehead atoms. The summed E-state index contributed by atoms with van der Waals surface area (Å²) in [6.45, 7) is 3.03. The molecule has 1 aromatic heterocycles. The molecule has 0 saturated heterocycles. The average molecular weight is 191 g/mol. The number of aryl methyl sites for hydroxylation is 2. The summed E-state index contributed by atoms with van der Waals surface area (Å²) >= 11 is 0. The van der Waals surface area contributed by atoms with Gasteiger partial charge in [-0.2, -0.15) is 13.2 Å². The SMILES string of the molecule is Cc1cc(C(=O)C(F)(F)F)c(C)[nH]1. The highest BCUT2D eigenvalue weighted by Crippen LogP contribution is 2.23. The van der Waals surface area contributed by atoms with Crippen molar-refractivity contribution < 1.29 is 18.0 Å². The largest absolute Gasteiger partial charge is 0.454 e. The van der Waals surface area contributed by atoms with Crippen LogP contribution < -0.4 is 0 Å². The van der Waals surface area contributed by atoms with Gasteiger partial charge >= 0.3 is 6.18 Å². The highest BCUT2D eigenvalue weighted by molar-refractivity contribution is 6.01. The van der Waals surface area contributed by atoms with Crippen molar-refractivity contribution in [1.29, 1.82) is 0 Å². The van der Waals surface area contributed by atoms with Gasteiger partial charge in [0, 0.05) is 17.0 Å². The second kappa shape index (κ2) is 2.90. The lowest BCUT2D eigenvalue weighted by molar-refractivity contribution is -0.0885. The molecular formula is C8H8F3NO. The molecule has 0 unspecified atom stereocenters. The van der Waals surface area contributed by atoms with Gasteiger partial charge in [0.2, 0.25) is 0 Å². The van der Waals surface area contributed by atoms with Gasteiger partial charge in [-0.25, -0.2) is 0 Å². The number of alkyl halides is 3. The lowest BCUT2D eigenvalue weighted by Gasteiger charge is -2.03. The second-order valence-corrected chi connectivity index (χ2v) is 2.82. The smallest absolute Gasteiger partial charge is 0.362 e. The van der Waals surface area contributed by atoms with E-state index in [2.05, 4.69) is 4.98 Å². The number of aromatic amines is 1. The number of carbonyl (C=O) groups is 1. The van der Waals surface area contributed by atoms with E-state index in [1.54, 1.807) is 6.92 Å². The predicted octanol–water partition coefficient (Wildman–Crippen LogP) is 2.38. The molecule has 0 aliphatic carbocycles. The minimum atomic E-state index is -4.79. The molecule has 0 atom stereocenters. The molecule has 13 heavy (non-hydrogen) atoms. The van der Waals surface area contributed by atoms with Crippen molar-refractivity contribution in [2.24, 2.45) is 0 Å². The Hall–Kier alpha value is -1.26. The van der Waals surface area contributed by atoms with E-state index in [-0.39, 0.29) is 11.3 Å². The lowest BCUT2D eigenvalue weighted by atomic mass is 10.1. The zero-order chi connectivity index (χ0) is 10.2. The quantitative estimate of drug-likeness (QED) is 0.679. The third-order valence-corrected chi connectivity index (χ3v) is 1.65. The van der Waals surface area contributed by atoms with Crippen LogP contribution in [0.1, 0.15) is 21.7 Å². The number of hydrogen-bond acceptors (Lipinski definition) is 1. The molecule has 0 amide bonds. The van der Waals surface area contributed by atoms with Gasteiger partial charge in [0.25, 0.3) is 5.78 Å². The van der Waals surface area contributed by atoms with E-state index in [0.717, 1.165) is 0 Å². The Morgan fingerprint density at radius 1 is 1.38 bits per heavy atom. The first kappa shape index (κ1) is 9.83. The van der Waals surface area contributed by atoms with Crippen molar-refractivity contribution in [3.63, 3.8) is 0 Å². The molecule has 0 saturated carbocycles. The van der Waals surface area contributed by atoms with E-state index in [9.17, 15) is 18.0 Å². The van der Waals surface area contributed by atoms with Crippen molar-refractivity contribution >= 4 is 5.78 Å². The van der Waals surface area contributed by atoms with Gasteiger partial charge in [-0.1, -0.05) is 0 Å². The first-order chi connectivity index (χ1) is 5.82. The molecular weight excluding hydrogens is 183 g/mol. The van der Waals surface area contributed by atoms with Crippen LogP contribution in [0.25, 0.3) is 0 Å². The van der Waals surface area contributed by atoms with Crippen LogP contribution in [0, 0.1) is 13.8 Å². The third-order valence-electron chi connectivity index (χ3n) is 1.65. The molecule has 0 spiro atoms. The van der Waals surface area contributed by atoms with E-state index in [4.69, 9.17) is 0 Å². The number of ketones is 1. The summed E-state index contributed by atoms with van der Waals surface area (Å²) in [5.74, 6) is -1.80. The van der Waals surface area contributed by atoms with Gasteiger partial charge in [0.15, 0.2) is 0 Å². The number of aromatic nitrogens is 1. The molecule has 1 heterocycles. The maximum atomic E-state index is 12.0. The number of rotatable bonds is 1. The van der Waals surface area contributed by atoms with Crippen LogP contribution in [0.4, 0.5) is 13.2 Å². The number of Topliss-reactive ketones (excluding diaryl/α,β-unsaturated/α-hetero) is 1. The number of halogens is 3. The standard InChI is InChI=1S/C8H8F3NO/c1-4-3-6(5(2)12-4)7(13)8(9,10)11/h3,12H,1-2H3. The van der Waals surface area contributed by atoms with Crippen LogP contribution in [-0.4, -0.2) is 16.9 Å². The Labute approximate surface area is 72.8 Å². The Balaban J connectivity index is 3.09. The van der Waals surface area contributed by atoms with Gasteiger partial charge in [0.1, 0.15) is 0 Å². The topological polar surface area (TPSA) is 32.9 Å². The molecule has 0 aliphatic heterocycles. The molecule has 1 N–H and O–H groups in total. The zero-order valence-electron chi connectivity index (χ0n) is 7.12. The lowest BCUT2D eigenvalue weighted by Crippen LogP contribution is -2.22. The molecule has 1 rings (SSSR count). The van der Waals surface area contributed by atoms with E-state index in [1.807, 2.05) is 0 Å². The first-order valence-corrected chi connectivity index (χ1v) is 3.60. The van der Waals surface area contributed by atoms with E-state index in [1.165, 1.54) is 13.0 Å². The monoisotopic (exact) mass is 191 g/mol. The maximum absolute atomic E-state index is 12.0. The Kier molecular flexibility index (Phi) is 2.19. The first-order valence-electron chi connectivity index (χ1n) is 3.60. The van der Waals surface area contributed by atoms with Gasteiger partial charge < -0.3 is 4.98 Å². The molecule has 0 aromatic carbocycles. The number of hydrogen-bond donors (Lipinski definition) is 1. The maximum Gasteiger partial charge on any atom is 0.454 e. The minimum Gasteiger partial charge on any atom is -0.362 e. The summed E-state index contributed by atoms with van der Waals surface area (Å²) < 4.78 is 35.9. The summed E-state index contributed by atoms with van der Waals surface area (Å²) in [4.78, 5) is 13.4. The molecule has 0 radical (unpaired) electrons. The van der Waals surface area contributed by atoms with Gasteiger partial charge in [-0.15, -0.1) is 0 Å². The third kappa shape index (κ3) is 1.91. The molecule has 72 valence electrons. The number of carbonyl (C=O) groups excluding carboxylic acids is 1. The van der Waals surface area contributed by atoms with Crippen LogP contribution >= 0.6 is 0 Å². The minimum absolute atomic E-state index is 0.250. The van der Waals surface area contributed by atoms with Crippen molar-refractivity contribution in [3.05, 3.63) is 23.0 Å². The van der Waals surface area contributed by atoms with E-state index in [0.29, 0.717) is 5.69 Å². The Morgan fingerprint density at radius 3 is 2.23 bits per heavy atom. The van der Waals surface area contributed by atoms with Crippen LogP contribution in [0.5, 0.6) is 0 Å². The molecule has 0 aliphatic rings. The Morgan fingerprint density at radius 2 is 1.92 bits per heavy atom. The fraction of sp³-hybridized carbons (Fsp3) is 0.375. The summed E-state index contributed by atoms with van der Waals surface area (Å²) in [7, 11) is 0. The summed E-state index contributed by atoms with van der Waals surface area (Å²) in [5.41, 5.74) is 0.495. The van der Waals surface area contributed by atoms with Crippen LogP contribution in [0.15, 0.2) is 6.07 Å². The highest BCUT2D eigenvalue weighted by atomic mass is 19.4. The normalized spacial score (nSPS) is 11.8. The second-order valence-electron chi connectivity index (χ2n) is 2.82. The van der Waals surface area contributed by atoms with Crippen LogP contribution in [0.2, 0.25) is 0 Å². The molecule has 0 fully saturated rings. The molecule has 1 aromatic rings. The van der Waals surface area contributed by atoms with Crippen molar-refractivity contribution in [3.8, 4) is 0 Å². The predicted molar refractivity (Wildman–Crippen MR) is 40.7 cm³/mol. The molecule has 5 heteroatoms. The van der Waals surface area contributed by atoms with Gasteiger partial charge in [-0.05, 0) is 19.9 Å². The average Bonchev–Trinajstić information content (AvgIpc) is 2.26. The Bertz CT molecular complexity index is 338. The van der Waals surface area contributed by atoms with Gasteiger partial charge in [0.05, 0.1) is 0 Å². The van der Waals surface area contributed by atoms with Gasteiger partial charge in [-0.3, -0.25) is 4.79 Å². The van der Waals surface area contributed by atoms with Crippen molar-refractivity contribution in [2.45, 2.75) is 20.0 Å². The van der Waals surface area contributed by atoms with Crippen molar-refractivity contribution in [1.82, 2.24) is 4.98 Å². The van der Waals surface area contributed by atoms with E-state index >= 15 is 0 Å². The summed E-state index contributed by atoms with van der Waals surface area (Å²) in [5, 5.41) is 0. The van der Waals surface area contributed by atoms with Crippen LogP contribution in [0.3, 0.4) is 0 Å². The fourth-order valence-corrected chi connectivity index (χ4v) is 1.11. The van der Waals surface area contributed by atoms with Crippen molar-refractivity contribution in [2.75, 3.05) is 0 Å². The summed E-state index contributed by atoms with van der Waals surface area (Å²) in [6.07, 6.45) is -4.79. The fourth-order valence-electron chi connectivity index (χ4n) is 1.11. The molecule has 2 nitrogen and oxygen atoms in total. The van der Waals surface area contributed by atoms with E-state index < -0.39 is 12.0 Å². The van der Waals surface area contributed by atoms with Crippen LogP contribution in [-0.2, 0) is 0 Å². The zero-order valence-corrected chi connectivity index (χ0v) is 7.12. The number of nitrogens with one attached hydrogen (secondary N) is 1.